The summed E-state index contributed by atoms with van der Waals surface area (Å²) in [4.78, 5) is 0. The zero-order chi connectivity index (χ0) is 21.1. The minimum atomic E-state index is -0.256. The topological polar surface area (TPSA) is 0 Å². The Hall–Kier alpha value is -3.12. The average molecular weight is 391 g/mol. The normalized spacial score (nSPS) is 11.5. The number of hydrogen-bond donors (Lipinski definition) is 0. The lowest BCUT2D eigenvalue weighted by Gasteiger charge is -2.40. The lowest BCUT2D eigenvalue weighted by molar-refractivity contribution is 0.599. The summed E-state index contributed by atoms with van der Waals surface area (Å²) in [6.45, 7) is 8.98. The van der Waals surface area contributed by atoms with Crippen molar-refractivity contribution in [1.29, 1.82) is 0 Å². The van der Waals surface area contributed by atoms with Crippen LogP contribution in [0, 0.1) is 27.7 Å². The van der Waals surface area contributed by atoms with Crippen molar-refractivity contribution in [3.63, 3.8) is 0 Å². The van der Waals surface area contributed by atoms with Gasteiger partial charge in [-0.05, 0) is 78.6 Å². The molecule has 0 aliphatic heterocycles. The third kappa shape index (κ3) is 3.48. The molecule has 4 aromatic rings. The van der Waals surface area contributed by atoms with Crippen molar-refractivity contribution in [3.05, 3.63) is 142 Å². The molecule has 0 heterocycles. The smallest absolute Gasteiger partial charge is 0.0499 e. The molecule has 0 bridgehead atoms. The fourth-order valence-corrected chi connectivity index (χ4v) is 4.97. The van der Waals surface area contributed by atoms with Gasteiger partial charge in [-0.3, -0.25) is 0 Å². The summed E-state index contributed by atoms with van der Waals surface area (Å²) in [5.41, 5.74) is 10.6. The fourth-order valence-electron chi connectivity index (χ4n) is 4.97. The van der Waals surface area contributed by atoms with Gasteiger partial charge in [0.1, 0.15) is 0 Å². The van der Waals surface area contributed by atoms with Crippen LogP contribution in [0.3, 0.4) is 0 Å². The van der Waals surface area contributed by atoms with Gasteiger partial charge in [-0.1, -0.05) is 97.1 Å². The molecule has 4 aromatic carbocycles. The van der Waals surface area contributed by atoms with E-state index in [1.807, 2.05) is 0 Å². The maximum Gasteiger partial charge on any atom is 0.0499 e. The van der Waals surface area contributed by atoms with Crippen LogP contribution >= 0.6 is 0 Å². The Bertz CT molecular complexity index is 1050. The molecule has 0 heteroatoms. The standard InChI is InChI=1S/C30H30/c1-22-13-5-9-17-26(22)21-30(27-18-10-6-14-23(27)2,28-19-11-7-15-24(28)3)29-20-12-8-16-25(29)4/h5-20H,21H2,1-4H3. The lowest BCUT2D eigenvalue weighted by Crippen LogP contribution is -2.35. The molecule has 0 spiro atoms. The Kier molecular flexibility index (Phi) is 5.59. The van der Waals surface area contributed by atoms with Crippen molar-refractivity contribution in [2.75, 3.05) is 0 Å². The Morgan fingerprint density at radius 1 is 0.433 bits per heavy atom. The molecule has 0 aliphatic rings. The Balaban J connectivity index is 2.14. The van der Waals surface area contributed by atoms with E-state index in [0.717, 1.165) is 6.42 Å². The van der Waals surface area contributed by atoms with Crippen LogP contribution in [0.1, 0.15) is 44.5 Å². The first-order chi connectivity index (χ1) is 14.5. The maximum atomic E-state index is 2.33. The van der Waals surface area contributed by atoms with Gasteiger partial charge in [0, 0.05) is 5.41 Å². The van der Waals surface area contributed by atoms with E-state index in [0.29, 0.717) is 0 Å². The highest BCUT2D eigenvalue weighted by Gasteiger charge is 2.39. The summed E-state index contributed by atoms with van der Waals surface area (Å²) in [7, 11) is 0. The van der Waals surface area contributed by atoms with E-state index in [4.69, 9.17) is 0 Å². The number of aryl methyl sites for hydroxylation is 4. The number of benzene rings is 4. The lowest BCUT2D eigenvalue weighted by atomic mass is 9.62. The van der Waals surface area contributed by atoms with Crippen molar-refractivity contribution in [3.8, 4) is 0 Å². The predicted octanol–water partition coefficient (Wildman–Crippen LogP) is 7.50. The molecular formula is C30H30. The predicted molar refractivity (Wildman–Crippen MR) is 128 cm³/mol. The van der Waals surface area contributed by atoms with Crippen LogP contribution in [0.2, 0.25) is 0 Å². The van der Waals surface area contributed by atoms with E-state index in [2.05, 4.69) is 125 Å². The molecule has 0 aliphatic carbocycles. The van der Waals surface area contributed by atoms with E-state index < -0.39 is 0 Å². The SMILES string of the molecule is Cc1ccccc1CC(c1ccccc1C)(c1ccccc1C)c1ccccc1C. The molecule has 0 unspecified atom stereocenters. The number of hydrogen-bond acceptors (Lipinski definition) is 0. The average Bonchev–Trinajstić information content (AvgIpc) is 2.75. The van der Waals surface area contributed by atoms with Gasteiger partial charge in [-0.2, -0.15) is 0 Å². The molecular weight excluding hydrogens is 360 g/mol. The molecule has 0 saturated heterocycles. The van der Waals surface area contributed by atoms with Crippen molar-refractivity contribution in [2.24, 2.45) is 0 Å². The van der Waals surface area contributed by atoms with Gasteiger partial charge in [0.15, 0.2) is 0 Å². The second-order valence-electron chi connectivity index (χ2n) is 8.45. The molecule has 0 aromatic heterocycles. The van der Waals surface area contributed by atoms with Crippen molar-refractivity contribution < 1.29 is 0 Å². The minimum Gasteiger partial charge on any atom is -0.0620 e. The van der Waals surface area contributed by atoms with Crippen molar-refractivity contribution >= 4 is 0 Å². The molecule has 0 N–H and O–H groups in total. The third-order valence-corrected chi connectivity index (χ3v) is 6.53. The Morgan fingerprint density at radius 3 is 1.13 bits per heavy atom. The van der Waals surface area contributed by atoms with Crippen molar-refractivity contribution in [1.82, 2.24) is 0 Å². The highest BCUT2D eigenvalue weighted by atomic mass is 14.4. The van der Waals surface area contributed by atoms with Crippen LogP contribution in [-0.2, 0) is 11.8 Å². The third-order valence-electron chi connectivity index (χ3n) is 6.53. The van der Waals surface area contributed by atoms with Crippen LogP contribution < -0.4 is 0 Å². The summed E-state index contributed by atoms with van der Waals surface area (Å²) in [5, 5.41) is 0. The van der Waals surface area contributed by atoms with Gasteiger partial charge in [0.2, 0.25) is 0 Å². The number of rotatable bonds is 5. The summed E-state index contributed by atoms with van der Waals surface area (Å²) in [6, 6.07) is 35.5. The van der Waals surface area contributed by atoms with Gasteiger partial charge < -0.3 is 0 Å². The molecule has 150 valence electrons. The first kappa shape index (κ1) is 20.2. The van der Waals surface area contributed by atoms with Crippen LogP contribution in [0.4, 0.5) is 0 Å². The molecule has 0 radical (unpaired) electrons. The Labute approximate surface area is 181 Å². The summed E-state index contributed by atoms with van der Waals surface area (Å²) in [6.07, 6.45) is 0.931. The van der Waals surface area contributed by atoms with Crippen LogP contribution in [0.25, 0.3) is 0 Å². The molecule has 0 fully saturated rings. The second-order valence-corrected chi connectivity index (χ2v) is 8.45. The zero-order valence-electron chi connectivity index (χ0n) is 18.4. The molecule has 0 amide bonds. The van der Waals surface area contributed by atoms with E-state index in [1.54, 1.807) is 0 Å². The second kappa shape index (κ2) is 8.32. The summed E-state index contributed by atoms with van der Waals surface area (Å²) < 4.78 is 0. The van der Waals surface area contributed by atoms with Gasteiger partial charge in [0.05, 0.1) is 0 Å². The quantitative estimate of drug-likeness (QED) is 0.310. The van der Waals surface area contributed by atoms with Gasteiger partial charge in [0.25, 0.3) is 0 Å². The highest BCUT2D eigenvalue weighted by Crippen LogP contribution is 2.46. The van der Waals surface area contributed by atoms with Crippen LogP contribution in [-0.4, -0.2) is 0 Å². The molecule has 30 heavy (non-hydrogen) atoms. The zero-order valence-corrected chi connectivity index (χ0v) is 18.4. The molecule has 4 rings (SSSR count). The van der Waals surface area contributed by atoms with Gasteiger partial charge in [-0.15, -0.1) is 0 Å². The largest absolute Gasteiger partial charge is 0.0620 e. The van der Waals surface area contributed by atoms with Gasteiger partial charge >= 0.3 is 0 Å². The molecule has 0 nitrogen and oxygen atoms in total. The van der Waals surface area contributed by atoms with Crippen molar-refractivity contribution in [2.45, 2.75) is 39.5 Å². The minimum absolute atomic E-state index is 0.256. The summed E-state index contributed by atoms with van der Waals surface area (Å²) >= 11 is 0. The van der Waals surface area contributed by atoms with E-state index in [1.165, 1.54) is 44.5 Å². The first-order valence-corrected chi connectivity index (χ1v) is 10.8. The Morgan fingerprint density at radius 2 is 0.767 bits per heavy atom. The summed E-state index contributed by atoms with van der Waals surface area (Å²) in [5.74, 6) is 0. The van der Waals surface area contributed by atoms with Crippen LogP contribution in [0.15, 0.2) is 97.1 Å². The van der Waals surface area contributed by atoms with Gasteiger partial charge in [-0.25, -0.2) is 0 Å². The van der Waals surface area contributed by atoms with E-state index in [-0.39, 0.29) is 5.41 Å². The molecule has 0 saturated carbocycles. The molecule has 0 atom stereocenters. The van der Waals surface area contributed by atoms with E-state index in [9.17, 15) is 0 Å². The first-order valence-electron chi connectivity index (χ1n) is 10.8. The van der Waals surface area contributed by atoms with E-state index >= 15 is 0 Å². The monoisotopic (exact) mass is 390 g/mol. The highest BCUT2D eigenvalue weighted by molar-refractivity contribution is 5.58. The maximum absolute atomic E-state index is 2.33. The van der Waals surface area contributed by atoms with Crippen LogP contribution in [0.5, 0.6) is 0 Å². The fraction of sp³-hybridized carbons (Fsp3) is 0.200.